The van der Waals surface area contributed by atoms with Crippen molar-refractivity contribution in [2.75, 3.05) is 4.90 Å². The van der Waals surface area contributed by atoms with E-state index in [1.54, 1.807) is 12.4 Å². The van der Waals surface area contributed by atoms with Crippen molar-refractivity contribution in [2.24, 2.45) is 4.40 Å². The summed E-state index contributed by atoms with van der Waals surface area (Å²) in [7, 11) is 0. The fourth-order valence-electron chi connectivity index (χ4n) is 1.64. The summed E-state index contributed by atoms with van der Waals surface area (Å²) >= 11 is 0.991. The van der Waals surface area contributed by atoms with E-state index in [-0.39, 0.29) is 0 Å². The Morgan fingerprint density at radius 3 is 2.87 bits per heavy atom. The zero-order valence-corrected chi connectivity index (χ0v) is 8.60. The molecule has 0 bridgehead atoms. The van der Waals surface area contributed by atoms with Gasteiger partial charge in [0.05, 0.1) is 10.6 Å². The van der Waals surface area contributed by atoms with E-state index in [4.69, 9.17) is 0 Å². The highest BCUT2D eigenvalue weighted by molar-refractivity contribution is 7.98. The summed E-state index contributed by atoms with van der Waals surface area (Å²) in [5.41, 5.74) is 0.733. The standard InChI is InChI=1S/C10H8F2N2S/c11-7-3-4-8-10(9(7)12)15-13-5-14(8)6-1-2-6/h3-6H,1-2H2. The van der Waals surface area contributed by atoms with E-state index in [0.29, 0.717) is 10.9 Å². The fourth-order valence-corrected chi connectivity index (χ4v) is 2.34. The lowest BCUT2D eigenvalue weighted by molar-refractivity contribution is 0.491. The van der Waals surface area contributed by atoms with Crippen LogP contribution in [0.5, 0.6) is 0 Å². The molecule has 2 aliphatic rings. The molecular formula is C10H8F2N2S. The molecule has 15 heavy (non-hydrogen) atoms. The minimum atomic E-state index is -0.811. The van der Waals surface area contributed by atoms with Crippen molar-refractivity contribution in [1.29, 1.82) is 0 Å². The smallest absolute Gasteiger partial charge is 0.176 e. The van der Waals surface area contributed by atoms with E-state index in [0.717, 1.165) is 30.5 Å². The lowest BCUT2D eigenvalue weighted by Crippen LogP contribution is -2.26. The molecule has 1 aliphatic heterocycles. The van der Waals surface area contributed by atoms with Gasteiger partial charge in [0.2, 0.25) is 0 Å². The third kappa shape index (κ3) is 1.42. The van der Waals surface area contributed by atoms with Crippen LogP contribution >= 0.6 is 11.9 Å². The van der Waals surface area contributed by atoms with E-state index in [1.807, 2.05) is 4.90 Å². The van der Waals surface area contributed by atoms with Crippen LogP contribution in [0, 0.1) is 11.6 Å². The summed E-state index contributed by atoms with van der Waals surface area (Å²) in [6.45, 7) is 0. The van der Waals surface area contributed by atoms with Crippen LogP contribution in [0.15, 0.2) is 21.4 Å². The van der Waals surface area contributed by atoms with E-state index in [2.05, 4.69) is 4.40 Å². The Hall–Kier alpha value is -1.10. The molecule has 78 valence electrons. The number of nitrogens with zero attached hydrogens (tertiary/aromatic N) is 2. The molecule has 1 aromatic rings. The summed E-state index contributed by atoms with van der Waals surface area (Å²) in [5.74, 6) is -1.60. The second-order valence-corrected chi connectivity index (χ2v) is 4.46. The first-order chi connectivity index (χ1) is 7.27. The van der Waals surface area contributed by atoms with Crippen molar-refractivity contribution in [1.82, 2.24) is 0 Å². The van der Waals surface area contributed by atoms with Gasteiger partial charge >= 0.3 is 0 Å². The Morgan fingerprint density at radius 2 is 2.13 bits per heavy atom. The highest BCUT2D eigenvalue weighted by Crippen LogP contribution is 2.41. The van der Waals surface area contributed by atoms with Gasteiger partial charge in [-0.2, -0.15) is 0 Å². The maximum Gasteiger partial charge on any atom is 0.176 e. The van der Waals surface area contributed by atoms with Gasteiger partial charge in [-0.3, -0.25) is 0 Å². The van der Waals surface area contributed by atoms with Crippen molar-refractivity contribution in [2.45, 2.75) is 23.8 Å². The molecule has 1 aromatic carbocycles. The Balaban J connectivity index is 2.11. The van der Waals surface area contributed by atoms with Gasteiger partial charge in [-0.05, 0) is 25.0 Å². The molecule has 1 aliphatic carbocycles. The lowest BCUT2D eigenvalue weighted by atomic mass is 10.2. The molecule has 0 unspecified atom stereocenters. The lowest BCUT2D eigenvalue weighted by Gasteiger charge is -2.24. The maximum atomic E-state index is 13.4. The Morgan fingerprint density at radius 1 is 1.33 bits per heavy atom. The first-order valence-corrected chi connectivity index (χ1v) is 5.51. The molecule has 3 rings (SSSR count). The summed E-state index contributed by atoms with van der Waals surface area (Å²) in [4.78, 5) is 2.22. The molecule has 0 saturated heterocycles. The SMILES string of the molecule is Fc1ccc2c(c1F)SN=CN2C1CC1. The maximum absolute atomic E-state index is 13.4. The fraction of sp³-hybridized carbons (Fsp3) is 0.300. The Bertz CT molecular complexity index is 443. The molecule has 0 atom stereocenters. The number of fused-ring (bicyclic) bond motifs is 1. The van der Waals surface area contributed by atoms with Gasteiger partial charge in [0.15, 0.2) is 11.6 Å². The number of halogens is 2. The van der Waals surface area contributed by atoms with Crippen molar-refractivity contribution in [3.8, 4) is 0 Å². The third-order valence-corrected chi connectivity index (χ3v) is 3.33. The monoisotopic (exact) mass is 226 g/mol. The number of hydrogen-bond acceptors (Lipinski definition) is 3. The van der Waals surface area contributed by atoms with E-state index in [9.17, 15) is 8.78 Å². The third-order valence-electron chi connectivity index (χ3n) is 2.56. The quantitative estimate of drug-likeness (QED) is 0.684. The van der Waals surface area contributed by atoms with Gasteiger partial charge < -0.3 is 4.90 Å². The summed E-state index contributed by atoms with van der Waals surface area (Å²) < 4.78 is 30.4. The van der Waals surface area contributed by atoms with Gasteiger partial charge in [-0.15, -0.1) is 0 Å². The predicted octanol–water partition coefficient (Wildman–Crippen LogP) is 2.98. The highest BCUT2D eigenvalue weighted by atomic mass is 32.2. The summed E-state index contributed by atoms with van der Waals surface area (Å²) in [6.07, 6.45) is 3.88. The van der Waals surface area contributed by atoms with Crippen LogP contribution in [0.25, 0.3) is 0 Å². The summed E-state index contributed by atoms with van der Waals surface area (Å²) in [6, 6.07) is 3.20. The first-order valence-electron chi connectivity index (χ1n) is 4.74. The van der Waals surface area contributed by atoms with Crippen LogP contribution in [0.1, 0.15) is 12.8 Å². The van der Waals surface area contributed by atoms with Crippen molar-refractivity contribution in [3.05, 3.63) is 23.8 Å². The minimum absolute atomic E-state index is 0.296. The van der Waals surface area contributed by atoms with Crippen LogP contribution in [0.4, 0.5) is 14.5 Å². The topological polar surface area (TPSA) is 15.6 Å². The predicted molar refractivity (Wildman–Crippen MR) is 56.2 cm³/mol. The molecule has 0 spiro atoms. The van der Waals surface area contributed by atoms with Gasteiger partial charge in [-0.1, -0.05) is 0 Å². The van der Waals surface area contributed by atoms with Gasteiger partial charge in [0.1, 0.15) is 6.34 Å². The number of rotatable bonds is 1. The summed E-state index contributed by atoms with van der Waals surface area (Å²) in [5, 5.41) is 0. The Labute approximate surface area is 90.1 Å². The van der Waals surface area contributed by atoms with E-state index < -0.39 is 11.6 Å². The largest absolute Gasteiger partial charge is 0.328 e. The molecular weight excluding hydrogens is 218 g/mol. The molecule has 0 N–H and O–H groups in total. The van der Waals surface area contributed by atoms with Crippen LogP contribution in [0.2, 0.25) is 0 Å². The molecule has 0 amide bonds. The molecule has 1 heterocycles. The number of benzene rings is 1. The highest BCUT2D eigenvalue weighted by Gasteiger charge is 2.32. The average molecular weight is 226 g/mol. The van der Waals surface area contributed by atoms with Gasteiger partial charge in [-0.25, -0.2) is 13.2 Å². The number of anilines is 1. The number of hydrogen-bond donors (Lipinski definition) is 0. The molecule has 1 saturated carbocycles. The molecule has 5 heteroatoms. The van der Waals surface area contributed by atoms with Crippen molar-refractivity contribution >= 4 is 24.0 Å². The van der Waals surface area contributed by atoms with Crippen LogP contribution in [-0.4, -0.2) is 12.4 Å². The van der Waals surface area contributed by atoms with Gasteiger partial charge in [0.25, 0.3) is 0 Å². The molecule has 0 radical (unpaired) electrons. The second-order valence-electron chi connectivity index (χ2n) is 3.66. The van der Waals surface area contributed by atoms with Crippen LogP contribution in [0.3, 0.4) is 0 Å². The second kappa shape index (κ2) is 3.20. The Kier molecular flexibility index (Phi) is 1.95. The molecule has 2 nitrogen and oxygen atoms in total. The normalized spacial score (nSPS) is 19.2. The molecule has 0 aromatic heterocycles. The van der Waals surface area contributed by atoms with Crippen molar-refractivity contribution in [3.63, 3.8) is 0 Å². The van der Waals surface area contributed by atoms with Gasteiger partial charge in [0, 0.05) is 18.0 Å². The molecule has 1 fully saturated rings. The zero-order chi connectivity index (χ0) is 10.4. The minimum Gasteiger partial charge on any atom is -0.328 e. The van der Waals surface area contributed by atoms with E-state index >= 15 is 0 Å². The zero-order valence-electron chi connectivity index (χ0n) is 7.78. The first kappa shape index (κ1) is 9.15. The van der Waals surface area contributed by atoms with Crippen LogP contribution in [-0.2, 0) is 0 Å². The van der Waals surface area contributed by atoms with Crippen LogP contribution < -0.4 is 4.90 Å². The average Bonchev–Trinajstić information content (AvgIpc) is 3.07. The van der Waals surface area contributed by atoms with E-state index in [1.165, 1.54) is 6.07 Å². The van der Waals surface area contributed by atoms with Crippen molar-refractivity contribution < 1.29 is 8.78 Å².